The Morgan fingerprint density at radius 1 is 1.44 bits per heavy atom. The molecule has 0 bridgehead atoms. The molecule has 1 unspecified atom stereocenters. The van der Waals surface area contributed by atoms with Crippen LogP contribution in [0.5, 0.6) is 0 Å². The highest BCUT2D eigenvalue weighted by Crippen LogP contribution is 2.38. The minimum absolute atomic E-state index is 0.223. The lowest BCUT2D eigenvalue weighted by Crippen LogP contribution is -2.60. The van der Waals surface area contributed by atoms with Crippen molar-refractivity contribution in [3.05, 3.63) is 0 Å². The van der Waals surface area contributed by atoms with E-state index in [1.54, 1.807) is 0 Å². The molecule has 0 aromatic carbocycles. The van der Waals surface area contributed by atoms with Crippen molar-refractivity contribution in [2.45, 2.75) is 31.3 Å². The van der Waals surface area contributed by atoms with E-state index in [0.29, 0.717) is 11.5 Å². The van der Waals surface area contributed by atoms with Crippen molar-refractivity contribution in [1.29, 1.82) is 0 Å². The predicted octanol–water partition coefficient (Wildman–Crippen LogP) is 0.269. The molecule has 16 heavy (non-hydrogen) atoms. The van der Waals surface area contributed by atoms with Crippen LogP contribution in [-0.2, 0) is 4.74 Å². The van der Waals surface area contributed by atoms with E-state index in [9.17, 15) is 0 Å². The lowest BCUT2D eigenvalue weighted by atomic mass is 9.77. The third-order valence-corrected chi connectivity index (χ3v) is 4.26. The summed E-state index contributed by atoms with van der Waals surface area (Å²) in [6.07, 6.45) is 5.70. The van der Waals surface area contributed by atoms with Gasteiger partial charge in [-0.3, -0.25) is 9.89 Å². The normalized spacial score (nSPS) is 38.6. The van der Waals surface area contributed by atoms with Crippen LogP contribution in [-0.4, -0.2) is 56.0 Å². The monoisotopic (exact) mass is 223 g/mol. The molecule has 0 radical (unpaired) electrons. The van der Waals surface area contributed by atoms with Gasteiger partial charge in [-0.25, -0.2) is 0 Å². The van der Waals surface area contributed by atoms with Crippen LogP contribution < -0.4 is 5.73 Å². The third kappa shape index (κ3) is 1.79. The van der Waals surface area contributed by atoms with Gasteiger partial charge in [-0.05, 0) is 25.8 Å². The van der Waals surface area contributed by atoms with Crippen LogP contribution in [0.2, 0.25) is 0 Å². The first kappa shape index (κ1) is 10.7. The molecule has 0 aromatic heterocycles. The Balaban J connectivity index is 1.67. The fraction of sp³-hybridized carbons (Fsp3) is 0.917. The molecule has 2 atom stereocenters. The van der Waals surface area contributed by atoms with Gasteiger partial charge in [-0.1, -0.05) is 0 Å². The number of nitrogens with two attached hydrogens (primary N) is 1. The summed E-state index contributed by atoms with van der Waals surface area (Å²) in [5, 5.41) is 0. The highest BCUT2D eigenvalue weighted by molar-refractivity contribution is 5.59. The van der Waals surface area contributed by atoms with E-state index in [4.69, 9.17) is 10.5 Å². The van der Waals surface area contributed by atoms with Gasteiger partial charge in [0.25, 0.3) is 0 Å². The first-order chi connectivity index (χ1) is 7.79. The fourth-order valence-corrected chi connectivity index (χ4v) is 3.25. The number of rotatable bonds is 1. The van der Waals surface area contributed by atoms with Crippen molar-refractivity contribution >= 4 is 6.21 Å². The molecule has 3 rings (SSSR count). The molecule has 0 aromatic rings. The molecule has 2 fully saturated rings. The minimum Gasteiger partial charge on any atom is -0.380 e. The maximum atomic E-state index is 6.17. The summed E-state index contributed by atoms with van der Waals surface area (Å²) in [5.41, 5.74) is 6.64. The number of aliphatic imine (C=N–C) groups is 1. The van der Waals surface area contributed by atoms with Gasteiger partial charge in [0.2, 0.25) is 0 Å². The molecule has 2 N–H and O–H groups in total. The van der Waals surface area contributed by atoms with Crippen molar-refractivity contribution < 1.29 is 4.74 Å². The van der Waals surface area contributed by atoms with Gasteiger partial charge in [-0.15, -0.1) is 0 Å². The SMILES string of the molecule is NC1CN=CC[C@H]1N1CCCC2(COC2)C1. The molecule has 2 saturated heterocycles. The largest absolute Gasteiger partial charge is 0.380 e. The third-order valence-electron chi connectivity index (χ3n) is 4.26. The van der Waals surface area contributed by atoms with Crippen molar-refractivity contribution in [3.63, 3.8) is 0 Å². The standard InChI is InChI=1S/C12H21N3O/c13-10-6-14-4-2-11(10)15-5-1-3-12(7-15)8-16-9-12/h4,10-11H,1-3,5-9,13H2/t10?,11-/m1/s1. The highest BCUT2D eigenvalue weighted by Gasteiger charge is 2.44. The molecular weight excluding hydrogens is 202 g/mol. The summed E-state index contributed by atoms with van der Waals surface area (Å²) in [7, 11) is 0. The van der Waals surface area contributed by atoms with E-state index >= 15 is 0 Å². The molecule has 0 aliphatic carbocycles. The van der Waals surface area contributed by atoms with Gasteiger partial charge in [0.1, 0.15) is 0 Å². The molecule has 4 heteroatoms. The maximum Gasteiger partial charge on any atom is 0.0557 e. The van der Waals surface area contributed by atoms with Crippen LogP contribution in [0.4, 0.5) is 0 Å². The number of hydrogen-bond acceptors (Lipinski definition) is 4. The number of piperidine rings is 1. The Kier molecular flexibility index (Phi) is 2.73. The van der Waals surface area contributed by atoms with Gasteiger partial charge in [-0.2, -0.15) is 0 Å². The smallest absolute Gasteiger partial charge is 0.0557 e. The topological polar surface area (TPSA) is 50.8 Å². The van der Waals surface area contributed by atoms with Crippen molar-refractivity contribution in [3.8, 4) is 0 Å². The maximum absolute atomic E-state index is 6.17. The molecule has 3 heterocycles. The number of hydrogen-bond donors (Lipinski definition) is 1. The second-order valence-corrected chi connectivity index (χ2v) is 5.58. The number of ether oxygens (including phenoxy) is 1. The van der Waals surface area contributed by atoms with Crippen molar-refractivity contribution in [1.82, 2.24) is 4.90 Å². The van der Waals surface area contributed by atoms with Crippen LogP contribution in [0.1, 0.15) is 19.3 Å². The Hall–Kier alpha value is -0.450. The Bertz CT molecular complexity index is 288. The first-order valence-corrected chi connectivity index (χ1v) is 6.35. The zero-order valence-corrected chi connectivity index (χ0v) is 9.77. The summed E-state index contributed by atoms with van der Waals surface area (Å²) >= 11 is 0. The Labute approximate surface area is 96.8 Å². The van der Waals surface area contributed by atoms with E-state index in [1.165, 1.54) is 25.9 Å². The molecule has 3 aliphatic rings. The average Bonchev–Trinajstić information content (AvgIpc) is 2.28. The van der Waals surface area contributed by atoms with Crippen molar-refractivity contribution in [2.75, 3.05) is 32.8 Å². The average molecular weight is 223 g/mol. The highest BCUT2D eigenvalue weighted by atomic mass is 16.5. The van der Waals surface area contributed by atoms with E-state index in [0.717, 1.165) is 26.2 Å². The van der Waals surface area contributed by atoms with Gasteiger partial charge in [0.05, 0.1) is 19.8 Å². The zero-order chi connectivity index (χ0) is 11.0. The zero-order valence-electron chi connectivity index (χ0n) is 9.77. The number of likely N-dealkylation sites (tertiary alicyclic amines) is 1. The lowest BCUT2D eigenvalue weighted by Gasteiger charge is -2.51. The second kappa shape index (κ2) is 4.09. The van der Waals surface area contributed by atoms with Crippen LogP contribution in [0.25, 0.3) is 0 Å². The fourth-order valence-electron chi connectivity index (χ4n) is 3.25. The lowest BCUT2D eigenvalue weighted by molar-refractivity contribution is -0.149. The first-order valence-electron chi connectivity index (χ1n) is 6.35. The summed E-state index contributed by atoms with van der Waals surface area (Å²) in [6.45, 7) is 5.09. The van der Waals surface area contributed by atoms with Crippen molar-refractivity contribution in [2.24, 2.45) is 16.1 Å². The van der Waals surface area contributed by atoms with Gasteiger partial charge >= 0.3 is 0 Å². The van der Waals surface area contributed by atoms with Crippen LogP contribution in [0.15, 0.2) is 4.99 Å². The van der Waals surface area contributed by atoms with E-state index in [1.807, 2.05) is 6.21 Å². The van der Waals surface area contributed by atoms with E-state index in [-0.39, 0.29) is 6.04 Å². The molecule has 0 saturated carbocycles. The summed E-state index contributed by atoms with van der Waals surface area (Å²) in [4.78, 5) is 6.86. The minimum atomic E-state index is 0.223. The van der Waals surface area contributed by atoms with Crippen LogP contribution in [0.3, 0.4) is 0 Å². The second-order valence-electron chi connectivity index (χ2n) is 5.58. The van der Waals surface area contributed by atoms with E-state index in [2.05, 4.69) is 9.89 Å². The molecule has 4 nitrogen and oxygen atoms in total. The summed E-state index contributed by atoms with van der Waals surface area (Å²) < 4.78 is 5.39. The Morgan fingerprint density at radius 2 is 2.31 bits per heavy atom. The number of nitrogens with zero attached hydrogens (tertiary/aromatic N) is 2. The summed E-state index contributed by atoms with van der Waals surface area (Å²) in [6, 6.07) is 0.733. The van der Waals surface area contributed by atoms with E-state index < -0.39 is 0 Å². The molecular formula is C12H21N3O. The van der Waals surface area contributed by atoms with Gasteiger partial charge < -0.3 is 10.5 Å². The van der Waals surface area contributed by atoms with Gasteiger partial charge in [0, 0.05) is 30.3 Å². The quantitative estimate of drug-likeness (QED) is 0.694. The van der Waals surface area contributed by atoms with Crippen LogP contribution >= 0.6 is 0 Å². The Morgan fingerprint density at radius 3 is 3.00 bits per heavy atom. The molecule has 90 valence electrons. The van der Waals surface area contributed by atoms with Crippen LogP contribution in [0, 0.1) is 5.41 Å². The molecule has 1 spiro atoms. The predicted molar refractivity (Wildman–Crippen MR) is 63.8 cm³/mol. The summed E-state index contributed by atoms with van der Waals surface area (Å²) in [5.74, 6) is 0. The van der Waals surface area contributed by atoms with Gasteiger partial charge in [0.15, 0.2) is 0 Å². The molecule has 0 amide bonds. The molecule has 3 aliphatic heterocycles.